The molecule has 0 radical (unpaired) electrons. The summed E-state index contributed by atoms with van der Waals surface area (Å²) in [5.74, 6) is -0.343. The molecule has 110 valence electrons. The van der Waals surface area contributed by atoms with Crippen molar-refractivity contribution in [1.82, 2.24) is 5.32 Å². The molecule has 0 bridgehead atoms. The zero-order chi connectivity index (χ0) is 15.2. The Morgan fingerprint density at radius 3 is 2.62 bits per heavy atom. The number of hydrogen-bond donors (Lipinski definition) is 1. The summed E-state index contributed by atoms with van der Waals surface area (Å²) in [6.07, 6.45) is 0. The van der Waals surface area contributed by atoms with E-state index >= 15 is 0 Å². The Bertz CT molecular complexity index is 619. The highest BCUT2D eigenvalue weighted by molar-refractivity contribution is 9.10. The SMILES string of the molecule is COC(=O)C(NCc1ccccc1)c1ccc(Br)c(Cl)c1. The van der Waals surface area contributed by atoms with Gasteiger partial charge in [-0.1, -0.05) is 48.0 Å². The van der Waals surface area contributed by atoms with Crippen molar-refractivity contribution in [2.75, 3.05) is 7.11 Å². The third-order valence-electron chi connectivity index (χ3n) is 3.07. The summed E-state index contributed by atoms with van der Waals surface area (Å²) in [6, 6.07) is 14.7. The smallest absolute Gasteiger partial charge is 0.327 e. The Balaban J connectivity index is 2.18. The maximum Gasteiger partial charge on any atom is 0.327 e. The van der Waals surface area contributed by atoms with Gasteiger partial charge < -0.3 is 4.74 Å². The second-order valence-corrected chi connectivity index (χ2v) is 5.76. The van der Waals surface area contributed by atoms with Gasteiger partial charge in [0.05, 0.1) is 12.1 Å². The van der Waals surface area contributed by atoms with Gasteiger partial charge in [-0.15, -0.1) is 0 Å². The molecule has 0 saturated carbocycles. The molecule has 0 aromatic heterocycles. The Hall–Kier alpha value is -1.36. The van der Waals surface area contributed by atoms with E-state index in [1.165, 1.54) is 7.11 Å². The minimum atomic E-state index is -0.555. The number of carbonyl (C=O) groups is 1. The maximum atomic E-state index is 12.0. The molecule has 0 aliphatic rings. The van der Waals surface area contributed by atoms with Crippen LogP contribution in [0.2, 0.25) is 5.02 Å². The van der Waals surface area contributed by atoms with Gasteiger partial charge in [0, 0.05) is 11.0 Å². The van der Waals surface area contributed by atoms with E-state index < -0.39 is 6.04 Å². The number of hydrogen-bond acceptors (Lipinski definition) is 3. The van der Waals surface area contributed by atoms with Gasteiger partial charge in [-0.3, -0.25) is 5.32 Å². The molecule has 2 rings (SSSR count). The average molecular weight is 369 g/mol. The lowest BCUT2D eigenvalue weighted by molar-refractivity contribution is -0.143. The highest BCUT2D eigenvalue weighted by Crippen LogP contribution is 2.26. The van der Waals surface area contributed by atoms with Crippen LogP contribution in [0.15, 0.2) is 53.0 Å². The minimum Gasteiger partial charge on any atom is -0.468 e. The van der Waals surface area contributed by atoms with E-state index in [1.54, 1.807) is 6.07 Å². The molecule has 0 heterocycles. The first-order chi connectivity index (χ1) is 10.1. The summed E-state index contributed by atoms with van der Waals surface area (Å²) >= 11 is 9.44. The minimum absolute atomic E-state index is 0.343. The Labute approximate surface area is 137 Å². The van der Waals surface area contributed by atoms with Gasteiger partial charge in [0.2, 0.25) is 0 Å². The van der Waals surface area contributed by atoms with Crippen molar-refractivity contribution < 1.29 is 9.53 Å². The van der Waals surface area contributed by atoms with Crippen molar-refractivity contribution in [2.45, 2.75) is 12.6 Å². The predicted octanol–water partition coefficient (Wildman–Crippen LogP) is 4.11. The van der Waals surface area contributed by atoms with Crippen molar-refractivity contribution in [3.05, 3.63) is 69.2 Å². The highest BCUT2D eigenvalue weighted by atomic mass is 79.9. The average Bonchev–Trinajstić information content (AvgIpc) is 2.51. The van der Waals surface area contributed by atoms with Crippen LogP contribution < -0.4 is 5.32 Å². The van der Waals surface area contributed by atoms with Crippen LogP contribution in [0.1, 0.15) is 17.2 Å². The number of nitrogens with one attached hydrogen (secondary N) is 1. The third kappa shape index (κ3) is 4.30. The first-order valence-corrected chi connectivity index (χ1v) is 7.59. The second kappa shape index (κ2) is 7.59. The number of benzene rings is 2. The number of ether oxygens (including phenoxy) is 1. The molecule has 0 amide bonds. The van der Waals surface area contributed by atoms with Gasteiger partial charge in [0.1, 0.15) is 6.04 Å². The first-order valence-electron chi connectivity index (χ1n) is 6.42. The topological polar surface area (TPSA) is 38.3 Å². The van der Waals surface area contributed by atoms with Crippen LogP contribution in [0.3, 0.4) is 0 Å². The summed E-state index contributed by atoms with van der Waals surface area (Å²) in [5, 5.41) is 3.76. The first kappa shape index (κ1) is 16.0. The predicted molar refractivity (Wildman–Crippen MR) is 87.2 cm³/mol. The third-order valence-corrected chi connectivity index (χ3v) is 4.30. The molecule has 0 fully saturated rings. The van der Waals surface area contributed by atoms with Crippen LogP contribution in [0.5, 0.6) is 0 Å². The Kier molecular flexibility index (Phi) is 5.79. The lowest BCUT2D eigenvalue weighted by atomic mass is 10.1. The van der Waals surface area contributed by atoms with E-state index in [0.717, 1.165) is 15.6 Å². The highest BCUT2D eigenvalue weighted by Gasteiger charge is 2.21. The molecular formula is C16H15BrClNO2. The Morgan fingerprint density at radius 2 is 2.00 bits per heavy atom. The molecule has 2 aromatic rings. The van der Waals surface area contributed by atoms with Gasteiger partial charge in [0.25, 0.3) is 0 Å². The van der Waals surface area contributed by atoms with Crippen molar-refractivity contribution in [3.8, 4) is 0 Å². The van der Waals surface area contributed by atoms with Gasteiger partial charge in [-0.2, -0.15) is 0 Å². The van der Waals surface area contributed by atoms with Gasteiger partial charge in [-0.05, 0) is 39.2 Å². The van der Waals surface area contributed by atoms with Crippen LogP contribution in [-0.2, 0) is 16.1 Å². The lowest BCUT2D eigenvalue weighted by Gasteiger charge is -2.17. The van der Waals surface area contributed by atoms with E-state index in [2.05, 4.69) is 21.2 Å². The normalized spacial score (nSPS) is 12.0. The van der Waals surface area contributed by atoms with Crippen molar-refractivity contribution >= 4 is 33.5 Å². The fraction of sp³-hybridized carbons (Fsp3) is 0.188. The van der Waals surface area contributed by atoms with E-state index in [4.69, 9.17) is 16.3 Å². The van der Waals surface area contributed by atoms with Crippen LogP contribution in [0.25, 0.3) is 0 Å². The molecule has 5 heteroatoms. The van der Waals surface area contributed by atoms with Crippen LogP contribution >= 0.6 is 27.5 Å². The van der Waals surface area contributed by atoms with Gasteiger partial charge in [0.15, 0.2) is 0 Å². The molecule has 1 N–H and O–H groups in total. The molecule has 1 unspecified atom stereocenters. The summed E-state index contributed by atoms with van der Waals surface area (Å²) in [6.45, 7) is 0.564. The van der Waals surface area contributed by atoms with E-state index in [0.29, 0.717) is 11.6 Å². The summed E-state index contributed by atoms with van der Waals surface area (Å²) in [7, 11) is 1.37. The molecule has 3 nitrogen and oxygen atoms in total. The summed E-state index contributed by atoms with van der Waals surface area (Å²) < 4.78 is 5.66. The number of halogens is 2. The van der Waals surface area contributed by atoms with Crippen LogP contribution in [-0.4, -0.2) is 13.1 Å². The van der Waals surface area contributed by atoms with E-state index in [1.807, 2.05) is 42.5 Å². The molecule has 2 aromatic carbocycles. The molecule has 0 aliphatic heterocycles. The van der Waals surface area contributed by atoms with Gasteiger partial charge >= 0.3 is 5.97 Å². The van der Waals surface area contributed by atoms with E-state index in [-0.39, 0.29) is 5.97 Å². The molecule has 0 spiro atoms. The molecule has 0 saturated heterocycles. The second-order valence-electron chi connectivity index (χ2n) is 4.50. The van der Waals surface area contributed by atoms with Crippen molar-refractivity contribution in [3.63, 3.8) is 0 Å². The van der Waals surface area contributed by atoms with Crippen molar-refractivity contribution in [1.29, 1.82) is 0 Å². The summed E-state index contributed by atoms with van der Waals surface area (Å²) in [4.78, 5) is 12.0. The number of esters is 1. The standard InChI is InChI=1S/C16H15BrClNO2/c1-21-16(20)15(12-7-8-13(17)14(18)9-12)19-10-11-5-3-2-4-6-11/h2-9,15,19H,10H2,1H3. The quantitative estimate of drug-likeness (QED) is 0.807. The number of rotatable bonds is 5. The van der Waals surface area contributed by atoms with Crippen LogP contribution in [0.4, 0.5) is 0 Å². The molecular weight excluding hydrogens is 354 g/mol. The van der Waals surface area contributed by atoms with Gasteiger partial charge in [-0.25, -0.2) is 4.79 Å². The fourth-order valence-electron chi connectivity index (χ4n) is 1.96. The number of methoxy groups -OCH3 is 1. The fourth-order valence-corrected chi connectivity index (χ4v) is 2.40. The maximum absolute atomic E-state index is 12.0. The Morgan fingerprint density at radius 1 is 1.29 bits per heavy atom. The zero-order valence-electron chi connectivity index (χ0n) is 11.5. The van der Waals surface area contributed by atoms with E-state index in [9.17, 15) is 4.79 Å². The lowest BCUT2D eigenvalue weighted by Crippen LogP contribution is -2.29. The molecule has 0 aliphatic carbocycles. The zero-order valence-corrected chi connectivity index (χ0v) is 13.8. The molecule has 21 heavy (non-hydrogen) atoms. The largest absolute Gasteiger partial charge is 0.468 e. The summed E-state index contributed by atoms with van der Waals surface area (Å²) in [5.41, 5.74) is 1.86. The molecule has 1 atom stereocenters. The van der Waals surface area contributed by atoms with Crippen LogP contribution in [0, 0.1) is 0 Å². The monoisotopic (exact) mass is 367 g/mol. The number of carbonyl (C=O) groups excluding carboxylic acids is 1. The van der Waals surface area contributed by atoms with Crippen molar-refractivity contribution in [2.24, 2.45) is 0 Å².